The van der Waals surface area contributed by atoms with Gasteiger partial charge in [-0.2, -0.15) is 0 Å². The monoisotopic (exact) mass is 129 g/mol. The van der Waals surface area contributed by atoms with Crippen molar-refractivity contribution in [2.75, 3.05) is 0 Å². The molecule has 0 saturated heterocycles. The van der Waals surface area contributed by atoms with Crippen LogP contribution < -0.4 is 5.73 Å². The molecule has 0 amide bonds. The van der Waals surface area contributed by atoms with Crippen molar-refractivity contribution < 1.29 is 5.11 Å². The lowest BCUT2D eigenvalue weighted by Crippen LogP contribution is -2.38. The van der Waals surface area contributed by atoms with E-state index in [4.69, 9.17) is 5.73 Å². The minimum absolute atomic E-state index is 0.230. The summed E-state index contributed by atoms with van der Waals surface area (Å²) < 4.78 is 0. The summed E-state index contributed by atoms with van der Waals surface area (Å²) in [7, 11) is 0. The zero-order valence-corrected chi connectivity index (χ0v) is 5.93. The lowest BCUT2D eigenvalue weighted by molar-refractivity contribution is 0.0156. The lowest BCUT2D eigenvalue weighted by atomic mass is 9.84. The Balaban J connectivity index is 2.41. The maximum absolute atomic E-state index is 9.46. The van der Waals surface area contributed by atoms with E-state index in [0.29, 0.717) is 0 Å². The predicted octanol–water partition coefficient (Wildman–Crippen LogP) is 0.639. The van der Waals surface area contributed by atoms with E-state index in [0.717, 1.165) is 25.7 Å². The first-order valence-electron chi connectivity index (χ1n) is 3.58. The normalized spacial score (nSPS) is 45.0. The zero-order chi connectivity index (χ0) is 6.91. The fourth-order valence-electron chi connectivity index (χ4n) is 1.51. The maximum Gasteiger partial charge on any atom is 0.0634 e. The SMILES string of the molecule is C[C@]1(O)CCC[C@H](N)C1. The first-order chi connectivity index (χ1) is 4.10. The molecule has 54 valence electrons. The molecule has 9 heavy (non-hydrogen) atoms. The molecule has 0 spiro atoms. The van der Waals surface area contributed by atoms with Gasteiger partial charge in [-0.25, -0.2) is 0 Å². The van der Waals surface area contributed by atoms with Gasteiger partial charge in [0.25, 0.3) is 0 Å². The van der Waals surface area contributed by atoms with Gasteiger partial charge in [-0.05, 0) is 32.6 Å². The Labute approximate surface area is 56.1 Å². The first-order valence-corrected chi connectivity index (χ1v) is 3.58. The van der Waals surface area contributed by atoms with E-state index in [-0.39, 0.29) is 6.04 Å². The van der Waals surface area contributed by atoms with Crippen molar-refractivity contribution in [3.05, 3.63) is 0 Å². The summed E-state index contributed by atoms with van der Waals surface area (Å²) in [4.78, 5) is 0. The molecule has 0 aromatic carbocycles. The Morgan fingerprint density at radius 2 is 2.33 bits per heavy atom. The second kappa shape index (κ2) is 2.27. The first kappa shape index (κ1) is 7.03. The van der Waals surface area contributed by atoms with Gasteiger partial charge in [0.05, 0.1) is 5.60 Å². The van der Waals surface area contributed by atoms with Gasteiger partial charge in [-0.15, -0.1) is 0 Å². The van der Waals surface area contributed by atoms with Gasteiger partial charge in [0.1, 0.15) is 0 Å². The van der Waals surface area contributed by atoms with Gasteiger partial charge in [-0.3, -0.25) is 0 Å². The highest BCUT2D eigenvalue weighted by molar-refractivity contribution is 4.83. The third kappa shape index (κ3) is 1.95. The number of nitrogens with two attached hydrogens (primary N) is 1. The molecule has 1 saturated carbocycles. The zero-order valence-electron chi connectivity index (χ0n) is 5.93. The molecule has 3 N–H and O–H groups in total. The highest BCUT2D eigenvalue weighted by Crippen LogP contribution is 2.26. The summed E-state index contributed by atoms with van der Waals surface area (Å²) >= 11 is 0. The minimum Gasteiger partial charge on any atom is -0.390 e. The molecule has 0 aromatic rings. The Morgan fingerprint density at radius 1 is 1.67 bits per heavy atom. The number of hydrogen-bond donors (Lipinski definition) is 2. The molecule has 2 heteroatoms. The fourth-order valence-corrected chi connectivity index (χ4v) is 1.51. The van der Waals surface area contributed by atoms with Crippen LogP contribution >= 0.6 is 0 Å². The molecule has 0 bridgehead atoms. The van der Waals surface area contributed by atoms with Crippen LogP contribution in [0.25, 0.3) is 0 Å². The van der Waals surface area contributed by atoms with Crippen LogP contribution in [0.1, 0.15) is 32.6 Å². The van der Waals surface area contributed by atoms with Crippen LogP contribution in [-0.2, 0) is 0 Å². The van der Waals surface area contributed by atoms with Crippen molar-refractivity contribution in [1.82, 2.24) is 0 Å². The lowest BCUT2D eigenvalue weighted by Gasteiger charge is -2.31. The van der Waals surface area contributed by atoms with E-state index < -0.39 is 5.60 Å². The molecule has 0 aromatic heterocycles. The van der Waals surface area contributed by atoms with Crippen LogP contribution in [0.4, 0.5) is 0 Å². The maximum atomic E-state index is 9.46. The molecule has 0 radical (unpaired) electrons. The highest BCUT2D eigenvalue weighted by atomic mass is 16.3. The van der Waals surface area contributed by atoms with Crippen LogP contribution in [0.3, 0.4) is 0 Å². The summed E-state index contributed by atoms with van der Waals surface area (Å²) in [6.45, 7) is 1.87. The minimum atomic E-state index is -0.475. The predicted molar refractivity (Wildman–Crippen MR) is 37.1 cm³/mol. The largest absolute Gasteiger partial charge is 0.390 e. The molecular weight excluding hydrogens is 114 g/mol. The van der Waals surface area contributed by atoms with E-state index in [1.165, 1.54) is 0 Å². The van der Waals surface area contributed by atoms with Crippen molar-refractivity contribution >= 4 is 0 Å². The summed E-state index contributed by atoms with van der Waals surface area (Å²) in [6.07, 6.45) is 3.85. The van der Waals surface area contributed by atoms with Gasteiger partial charge in [0, 0.05) is 6.04 Å². The summed E-state index contributed by atoms with van der Waals surface area (Å²) in [5.74, 6) is 0. The number of aliphatic hydroxyl groups is 1. The highest BCUT2D eigenvalue weighted by Gasteiger charge is 2.27. The summed E-state index contributed by atoms with van der Waals surface area (Å²) in [5, 5.41) is 9.46. The third-order valence-electron chi connectivity index (χ3n) is 1.99. The molecule has 1 aliphatic rings. The van der Waals surface area contributed by atoms with E-state index in [9.17, 15) is 5.11 Å². The van der Waals surface area contributed by atoms with Gasteiger partial charge in [0.2, 0.25) is 0 Å². The quantitative estimate of drug-likeness (QED) is 0.504. The topological polar surface area (TPSA) is 46.2 Å². The molecule has 1 rings (SSSR count). The standard InChI is InChI=1S/C7H15NO/c1-7(9)4-2-3-6(8)5-7/h6,9H,2-5,8H2,1H3/t6-,7-/m0/s1. The van der Waals surface area contributed by atoms with E-state index in [1.807, 2.05) is 6.92 Å². The molecule has 0 aliphatic heterocycles. The van der Waals surface area contributed by atoms with Crippen LogP contribution in [0, 0.1) is 0 Å². The molecule has 0 heterocycles. The van der Waals surface area contributed by atoms with Crippen molar-refractivity contribution in [2.24, 2.45) is 5.73 Å². The van der Waals surface area contributed by atoms with Crippen LogP contribution in [0.15, 0.2) is 0 Å². The third-order valence-corrected chi connectivity index (χ3v) is 1.99. The van der Waals surface area contributed by atoms with Gasteiger partial charge in [-0.1, -0.05) is 0 Å². The molecule has 2 nitrogen and oxygen atoms in total. The molecule has 0 unspecified atom stereocenters. The number of rotatable bonds is 0. The molecule has 1 fully saturated rings. The molecule has 2 atom stereocenters. The Bertz CT molecular complexity index is 101. The van der Waals surface area contributed by atoms with Gasteiger partial charge >= 0.3 is 0 Å². The fraction of sp³-hybridized carbons (Fsp3) is 1.00. The second-order valence-electron chi connectivity index (χ2n) is 3.35. The summed E-state index contributed by atoms with van der Waals surface area (Å²) in [5.41, 5.74) is 5.18. The van der Waals surface area contributed by atoms with Crippen molar-refractivity contribution in [3.63, 3.8) is 0 Å². The average Bonchev–Trinajstić information content (AvgIpc) is 1.60. The van der Waals surface area contributed by atoms with Crippen LogP contribution in [0.5, 0.6) is 0 Å². The van der Waals surface area contributed by atoms with Crippen LogP contribution in [-0.4, -0.2) is 16.7 Å². The Kier molecular flexibility index (Phi) is 1.78. The Morgan fingerprint density at radius 3 is 2.67 bits per heavy atom. The average molecular weight is 129 g/mol. The molecule has 1 aliphatic carbocycles. The van der Waals surface area contributed by atoms with Crippen molar-refractivity contribution in [3.8, 4) is 0 Å². The van der Waals surface area contributed by atoms with E-state index >= 15 is 0 Å². The van der Waals surface area contributed by atoms with Crippen molar-refractivity contribution in [1.29, 1.82) is 0 Å². The van der Waals surface area contributed by atoms with E-state index in [2.05, 4.69) is 0 Å². The Hall–Kier alpha value is -0.0800. The smallest absolute Gasteiger partial charge is 0.0634 e. The molecular formula is C7H15NO. The van der Waals surface area contributed by atoms with E-state index in [1.54, 1.807) is 0 Å². The number of hydrogen-bond acceptors (Lipinski definition) is 2. The second-order valence-corrected chi connectivity index (χ2v) is 3.35. The summed E-state index contributed by atoms with van der Waals surface area (Å²) in [6, 6.07) is 0.230. The van der Waals surface area contributed by atoms with Gasteiger partial charge in [0.15, 0.2) is 0 Å². The van der Waals surface area contributed by atoms with Crippen LogP contribution in [0.2, 0.25) is 0 Å². The van der Waals surface area contributed by atoms with Crippen molar-refractivity contribution in [2.45, 2.75) is 44.2 Å². The van der Waals surface area contributed by atoms with Gasteiger partial charge < -0.3 is 10.8 Å².